The van der Waals surface area contributed by atoms with Crippen LogP contribution in [-0.2, 0) is 22.8 Å². The Morgan fingerprint density at radius 2 is 2.00 bits per heavy atom. The van der Waals surface area contributed by atoms with Crippen molar-refractivity contribution in [2.75, 3.05) is 31.6 Å². The molecule has 10 heteroatoms. The lowest BCUT2D eigenvalue weighted by atomic mass is 9.89. The molecule has 0 unspecified atom stereocenters. The van der Waals surface area contributed by atoms with Crippen molar-refractivity contribution in [2.24, 2.45) is 7.05 Å². The van der Waals surface area contributed by atoms with Crippen LogP contribution in [-0.4, -0.2) is 65.0 Å². The largest absolute Gasteiger partial charge is 0.416 e. The molecule has 2 N–H and O–H groups in total. The number of carbonyl (C=O) groups is 1. The van der Waals surface area contributed by atoms with Crippen molar-refractivity contribution < 1.29 is 22.7 Å². The molecule has 0 bridgehead atoms. The summed E-state index contributed by atoms with van der Waals surface area (Å²) in [6.45, 7) is 6.29. The summed E-state index contributed by atoms with van der Waals surface area (Å²) in [7, 11) is 1.68. The van der Waals surface area contributed by atoms with Gasteiger partial charge in [0.2, 0.25) is 5.91 Å². The van der Waals surface area contributed by atoms with Gasteiger partial charge in [0.15, 0.2) is 5.82 Å². The average molecular weight is 480 g/mol. The summed E-state index contributed by atoms with van der Waals surface area (Å²) in [6, 6.07) is 4.24. The monoisotopic (exact) mass is 479 g/mol. The molecule has 4 rings (SSSR count). The van der Waals surface area contributed by atoms with Crippen LogP contribution in [0.5, 0.6) is 0 Å². The maximum absolute atomic E-state index is 13.1. The van der Waals surface area contributed by atoms with Crippen LogP contribution in [0.1, 0.15) is 37.7 Å². The molecule has 1 saturated heterocycles. The number of ether oxygens (including phenoxy) is 1. The lowest BCUT2D eigenvalue weighted by Crippen LogP contribution is -2.62. The summed E-state index contributed by atoms with van der Waals surface area (Å²) in [5.41, 5.74) is -0.128. The molecular formula is C24H32F3N5O2. The highest BCUT2D eigenvalue weighted by Crippen LogP contribution is 2.33. The second-order valence-corrected chi connectivity index (χ2v) is 9.15. The quantitative estimate of drug-likeness (QED) is 0.537. The summed E-state index contributed by atoms with van der Waals surface area (Å²) in [6.07, 6.45) is 2.26. The van der Waals surface area contributed by atoms with Gasteiger partial charge >= 0.3 is 6.18 Å². The molecule has 0 radical (unpaired) electrons. The number of fused-ring (bicyclic) bond motifs is 1. The van der Waals surface area contributed by atoms with E-state index in [1.807, 2.05) is 0 Å². The maximum atomic E-state index is 13.1. The van der Waals surface area contributed by atoms with Crippen LogP contribution in [0.3, 0.4) is 0 Å². The Balaban J connectivity index is 1.19. The van der Waals surface area contributed by atoms with Gasteiger partial charge in [-0.25, -0.2) is 0 Å². The highest BCUT2D eigenvalue weighted by Gasteiger charge is 2.35. The third-order valence-electron chi connectivity index (χ3n) is 6.71. The smallest absolute Gasteiger partial charge is 0.374 e. The molecule has 1 aromatic carbocycles. The van der Waals surface area contributed by atoms with Crippen molar-refractivity contribution in [2.45, 2.75) is 56.5 Å². The van der Waals surface area contributed by atoms with Crippen molar-refractivity contribution in [3.63, 3.8) is 0 Å². The Labute approximate surface area is 197 Å². The molecule has 1 aliphatic carbocycles. The third kappa shape index (κ3) is 5.72. The van der Waals surface area contributed by atoms with Gasteiger partial charge in [0, 0.05) is 44.5 Å². The number of rotatable bonds is 9. The first-order valence-electron chi connectivity index (χ1n) is 11.8. The van der Waals surface area contributed by atoms with Crippen LogP contribution in [0.25, 0.3) is 10.9 Å². The van der Waals surface area contributed by atoms with Gasteiger partial charge in [0.1, 0.15) is 0 Å². The van der Waals surface area contributed by atoms with Crippen LogP contribution >= 0.6 is 0 Å². The zero-order chi connectivity index (χ0) is 24.3. The van der Waals surface area contributed by atoms with Crippen LogP contribution < -0.4 is 10.6 Å². The average Bonchev–Trinajstić information content (AvgIpc) is 3.09. The lowest BCUT2D eigenvalue weighted by Gasteiger charge is -2.46. The van der Waals surface area contributed by atoms with E-state index in [2.05, 4.69) is 27.2 Å². The van der Waals surface area contributed by atoms with E-state index < -0.39 is 11.7 Å². The van der Waals surface area contributed by atoms with E-state index in [-0.39, 0.29) is 18.4 Å². The lowest BCUT2D eigenvalue weighted by molar-refractivity contribution is -0.137. The minimum atomic E-state index is -4.42. The number of likely N-dealkylation sites (tertiary alicyclic amines) is 1. The van der Waals surface area contributed by atoms with Crippen molar-refractivity contribution in [1.29, 1.82) is 0 Å². The highest BCUT2D eigenvalue weighted by atomic mass is 19.4. The van der Waals surface area contributed by atoms with E-state index in [1.165, 1.54) is 10.7 Å². The van der Waals surface area contributed by atoms with E-state index in [4.69, 9.17) is 4.74 Å². The van der Waals surface area contributed by atoms with Crippen LogP contribution in [0.2, 0.25) is 0 Å². The molecule has 7 nitrogen and oxygen atoms in total. The fraction of sp³-hybridized carbons (Fsp3) is 0.583. The molecule has 34 heavy (non-hydrogen) atoms. The summed E-state index contributed by atoms with van der Waals surface area (Å²) in [5.74, 6) is 0.272. The molecule has 2 aromatic rings. The Hall–Kier alpha value is -2.59. The first-order chi connectivity index (χ1) is 16.2. The number of alkyl halides is 3. The highest BCUT2D eigenvalue weighted by molar-refractivity contribution is 5.91. The molecule has 0 atom stereocenters. The van der Waals surface area contributed by atoms with Gasteiger partial charge in [-0.1, -0.05) is 6.08 Å². The van der Waals surface area contributed by atoms with E-state index >= 15 is 0 Å². The first-order valence-corrected chi connectivity index (χ1v) is 11.8. The number of carbonyl (C=O) groups excluding carboxylic acids is 1. The third-order valence-corrected chi connectivity index (χ3v) is 6.71. The second-order valence-electron chi connectivity index (χ2n) is 9.15. The van der Waals surface area contributed by atoms with Gasteiger partial charge in [-0.05, 0) is 43.9 Å². The number of anilines is 1. The summed E-state index contributed by atoms with van der Waals surface area (Å²) < 4.78 is 46.5. The topological polar surface area (TPSA) is 71.4 Å². The van der Waals surface area contributed by atoms with E-state index in [0.717, 1.165) is 50.9 Å². The number of halogens is 3. The summed E-state index contributed by atoms with van der Waals surface area (Å²) >= 11 is 0. The number of hydrogen-bond donors (Lipinski definition) is 2. The molecule has 2 heterocycles. The number of aryl methyl sites for hydroxylation is 1. The Morgan fingerprint density at radius 3 is 2.68 bits per heavy atom. The van der Waals surface area contributed by atoms with E-state index in [0.29, 0.717) is 42.0 Å². The van der Waals surface area contributed by atoms with Crippen LogP contribution in [0, 0.1) is 0 Å². The SMILES string of the molecule is C=CCOC1CCC(N2CC(NC(=O)CCNc3nn(C)c4ccc(C(F)(F)F)cc34)C2)CC1. The number of nitrogens with one attached hydrogen (secondary N) is 2. The van der Waals surface area contributed by atoms with Crippen molar-refractivity contribution in [3.8, 4) is 0 Å². The Kier molecular flexibility index (Phi) is 7.47. The first kappa shape index (κ1) is 24.5. The maximum Gasteiger partial charge on any atom is 0.416 e. The minimum absolute atomic E-state index is 0.0742. The molecule has 1 amide bonds. The number of hydrogen-bond acceptors (Lipinski definition) is 5. The molecule has 2 fully saturated rings. The van der Waals surface area contributed by atoms with Gasteiger partial charge in [-0.3, -0.25) is 14.4 Å². The normalized spacial score (nSPS) is 21.9. The van der Waals surface area contributed by atoms with Gasteiger partial charge in [0.25, 0.3) is 0 Å². The fourth-order valence-electron chi connectivity index (χ4n) is 4.85. The molecule has 0 spiro atoms. The number of nitrogens with zero attached hydrogens (tertiary/aromatic N) is 3. The minimum Gasteiger partial charge on any atom is -0.374 e. The Morgan fingerprint density at radius 1 is 1.26 bits per heavy atom. The second kappa shape index (κ2) is 10.4. The van der Waals surface area contributed by atoms with Crippen LogP contribution in [0.15, 0.2) is 30.9 Å². The van der Waals surface area contributed by atoms with Gasteiger partial charge in [-0.15, -0.1) is 6.58 Å². The number of aromatic nitrogens is 2. The van der Waals surface area contributed by atoms with Crippen molar-refractivity contribution in [3.05, 3.63) is 36.4 Å². The predicted molar refractivity (Wildman–Crippen MR) is 125 cm³/mol. The summed E-state index contributed by atoms with van der Waals surface area (Å²) in [4.78, 5) is 14.8. The van der Waals surface area contributed by atoms with E-state index in [1.54, 1.807) is 13.1 Å². The van der Waals surface area contributed by atoms with Crippen molar-refractivity contribution >= 4 is 22.6 Å². The summed E-state index contributed by atoms with van der Waals surface area (Å²) in [5, 5.41) is 10.7. The predicted octanol–water partition coefficient (Wildman–Crippen LogP) is 3.71. The zero-order valence-corrected chi connectivity index (χ0v) is 19.4. The molecule has 1 aromatic heterocycles. The Bertz CT molecular complexity index is 1010. The fourth-order valence-corrected chi connectivity index (χ4v) is 4.85. The number of amides is 1. The standard InChI is InChI=1S/C24H32F3N5O2/c1-3-12-34-19-7-5-18(6-8-19)32-14-17(15-32)29-22(33)10-11-28-23-20-13-16(24(25,26)27)4-9-21(20)31(2)30-23/h3-4,9,13,17-19H,1,5-8,10-12,14-15H2,2H3,(H,28,30)(H,29,33). The molecule has 1 aliphatic heterocycles. The van der Waals surface area contributed by atoms with E-state index in [9.17, 15) is 18.0 Å². The molecule has 2 aliphatic rings. The zero-order valence-electron chi connectivity index (χ0n) is 19.4. The molecule has 1 saturated carbocycles. The van der Waals surface area contributed by atoms with Gasteiger partial charge in [0.05, 0.1) is 29.8 Å². The molecule has 186 valence electrons. The van der Waals surface area contributed by atoms with Gasteiger partial charge < -0.3 is 15.4 Å². The van der Waals surface area contributed by atoms with Crippen LogP contribution in [0.4, 0.5) is 19.0 Å². The van der Waals surface area contributed by atoms with Gasteiger partial charge in [-0.2, -0.15) is 18.3 Å². The van der Waals surface area contributed by atoms with Crippen molar-refractivity contribution in [1.82, 2.24) is 20.0 Å². The number of benzene rings is 1. The molecular weight excluding hydrogens is 447 g/mol.